The summed E-state index contributed by atoms with van der Waals surface area (Å²) in [5, 5.41) is 11.9. The minimum Gasteiger partial charge on any atom is -0.388 e. The second-order valence-corrected chi connectivity index (χ2v) is 5.04. The van der Waals surface area contributed by atoms with Gasteiger partial charge in [0.2, 0.25) is 0 Å². The molecule has 74 valence electrons. The number of thiophene rings is 1. The van der Waals surface area contributed by atoms with E-state index in [-0.39, 0.29) is 6.10 Å². The van der Waals surface area contributed by atoms with Gasteiger partial charge in [0.25, 0.3) is 0 Å². The zero-order valence-electron chi connectivity index (χ0n) is 8.58. The van der Waals surface area contributed by atoms with E-state index in [1.54, 1.807) is 11.3 Å². The van der Waals surface area contributed by atoms with Crippen LogP contribution in [0.2, 0.25) is 0 Å². The van der Waals surface area contributed by atoms with Gasteiger partial charge in [-0.25, -0.2) is 0 Å². The lowest BCUT2D eigenvalue weighted by molar-refractivity contribution is 0.159. The van der Waals surface area contributed by atoms with Gasteiger partial charge in [-0.05, 0) is 42.7 Å². The minimum absolute atomic E-state index is 0.256. The quantitative estimate of drug-likeness (QED) is 0.784. The summed E-state index contributed by atoms with van der Waals surface area (Å²) in [5.41, 5.74) is 1.12. The molecule has 1 rings (SSSR count). The molecule has 1 unspecified atom stereocenters. The van der Waals surface area contributed by atoms with Gasteiger partial charge in [0.05, 0.1) is 6.10 Å². The third kappa shape index (κ3) is 3.12. The van der Waals surface area contributed by atoms with E-state index >= 15 is 0 Å². The van der Waals surface area contributed by atoms with Crippen molar-refractivity contribution in [2.45, 2.75) is 39.7 Å². The normalized spacial score (nSPS) is 13.6. The van der Waals surface area contributed by atoms with Crippen molar-refractivity contribution >= 4 is 11.3 Å². The number of rotatable bonds is 4. The maximum absolute atomic E-state index is 9.85. The summed E-state index contributed by atoms with van der Waals surface area (Å²) in [7, 11) is 0. The van der Waals surface area contributed by atoms with Crippen LogP contribution >= 0.6 is 11.3 Å². The molecule has 1 atom stereocenters. The highest BCUT2D eigenvalue weighted by Crippen LogP contribution is 2.26. The summed E-state index contributed by atoms with van der Waals surface area (Å²) in [4.78, 5) is 1.25. The first-order valence-corrected chi connectivity index (χ1v) is 5.71. The Kier molecular flexibility index (Phi) is 3.94. The molecule has 0 saturated heterocycles. The van der Waals surface area contributed by atoms with E-state index in [0.717, 1.165) is 18.4 Å². The molecule has 0 aromatic carbocycles. The average Bonchev–Trinajstić information content (AvgIpc) is 2.47. The first-order valence-electron chi connectivity index (χ1n) is 4.83. The number of hydrogen-bond donors (Lipinski definition) is 1. The topological polar surface area (TPSA) is 20.2 Å². The van der Waals surface area contributed by atoms with Crippen molar-refractivity contribution < 1.29 is 5.11 Å². The van der Waals surface area contributed by atoms with E-state index in [0.29, 0.717) is 5.92 Å². The average molecular weight is 198 g/mol. The number of aliphatic hydroxyl groups excluding tert-OH is 1. The fraction of sp³-hybridized carbons (Fsp3) is 0.636. The van der Waals surface area contributed by atoms with E-state index < -0.39 is 0 Å². The molecular weight excluding hydrogens is 180 g/mol. The van der Waals surface area contributed by atoms with Crippen LogP contribution in [0.3, 0.4) is 0 Å². The van der Waals surface area contributed by atoms with E-state index in [1.807, 2.05) is 11.4 Å². The summed E-state index contributed by atoms with van der Waals surface area (Å²) in [5.74, 6) is 0.675. The van der Waals surface area contributed by atoms with Gasteiger partial charge >= 0.3 is 0 Å². The lowest BCUT2D eigenvalue weighted by Gasteiger charge is -2.11. The molecule has 0 aliphatic heterocycles. The number of hydrogen-bond acceptors (Lipinski definition) is 2. The molecule has 0 fully saturated rings. The summed E-state index contributed by atoms with van der Waals surface area (Å²) < 4.78 is 0. The van der Waals surface area contributed by atoms with Crippen LogP contribution < -0.4 is 0 Å². The van der Waals surface area contributed by atoms with E-state index in [4.69, 9.17) is 0 Å². The Morgan fingerprint density at radius 2 is 2.08 bits per heavy atom. The van der Waals surface area contributed by atoms with Crippen molar-refractivity contribution in [3.63, 3.8) is 0 Å². The molecule has 0 bridgehead atoms. The first-order chi connectivity index (χ1) is 6.11. The summed E-state index contributed by atoms with van der Waals surface area (Å²) >= 11 is 1.71. The van der Waals surface area contributed by atoms with Gasteiger partial charge in [-0.15, -0.1) is 11.3 Å². The molecule has 1 heterocycles. The van der Waals surface area contributed by atoms with Gasteiger partial charge < -0.3 is 5.11 Å². The molecule has 0 radical (unpaired) electrons. The molecule has 0 saturated carbocycles. The Hall–Kier alpha value is -0.340. The van der Waals surface area contributed by atoms with Crippen molar-refractivity contribution in [2.24, 2.45) is 5.92 Å². The van der Waals surface area contributed by atoms with Crippen molar-refractivity contribution in [3.8, 4) is 0 Å². The van der Waals surface area contributed by atoms with Gasteiger partial charge in [0.15, 0.2) is 0 Å². The molecule has 0 amide bonds. The zero-order chi connectivity index (χ0) is 9.84. The van der Waals surface area contributed by atoms with Gasteiger partial charge in [-0.2, -0.15) is 0 Å². The predicted molar refractivity (Wildman–Crippen MR) is 58.1 cm³/mol. The fourth-order valence-electron chi connectivity index (χ4n) is 1.39. The van der Waals surface area contributed by atoms with E-state index in [9.17, 15) is 5.11 Å². The number of aliphatic hydroxyl groups is 1. The molecule has 1 aromatic rings. The van der Waals surface area contributed by atoms with Crippen LogP contribution in [0.25, 0.3) is 0 Å². The largest absolute Gasteiger partial charge is 0.388 e. The molecule has 0 spiro atoms. The fourth-order valence-corrected chi connectivity index (χ4v) is 2.15. The Labute approximate surface area is 84.4 Å². The predicted octanol–water partition coefficient (Wildman–Crippen LogP) is 3.53. The van der Waals surface area contributed by atoms with E-state index in [2.05, 4.69) is 20.8 Å². The Morgan fingerprint density at radius 1 is 1.38 bits per heavy atom. The lowest BCUT2D eigenvalue weighted by atomic mass is 10.0. The molecular formula is C11H18OS. The summed E-state index contributed by atoms with van der Waals surface area (Å²) in [6.45, 7) is 6.44. The Bertz CT molecular complexity index is 252. The molecule has 1 N–H and O–H groups in total. The molecule has 2 heteroatoms. The molecule has 1 nitrogen and oxygen atoms in total. The van der Waals surface area contributed by atoms with Crippen molar-refractivity contribution in [1.29, 1.82) is 0 Å². The van der Waals surface area contributed by atoms with Crippen LogP contribution in [0.15, 0.2) is 11.4 Å². The van der Waals surface area contributed by atoms with Crippen LogP contribution in [0.1, 0.15) is 43.2 Å². The van der Waals surface area contributed by atoms with Crippen molar-refractivity contribution in [3.05, 3.63) is 21.9 Å². The maximum atomic E-state index is 9.85. The summed E-state index contributed by atoms with van der Waals surface area (Å²) in [6.07, 6.45) is 1.72. The zero-order valence-corrected chi connectivity index (χ0v) is 9.40. The third-order valence-corrected chi connectivity index (χ3v) is 3.14. The van der Waals surface area contributed by atoms with Crippen LogP contribution in [-0.2, 0) is 0 Å². The first kappa shape index (κ1) is 10.7. The summed E-state index contributed by atoms with van der Waals surface area (Å²) in [6, 6.07) is 2.03. The highest BCUT2D eigenvalue weighted by atomic mass is 32.1. The third-order valence-electron chi connectivity index (χ3n) is 2.28. The molecule has 0 aliphatic carbocycles. The minimum atomic E-state index is -0.256. The second kappa shape index (κ2) is 4.77. The molecule has 1 aromatic heterocycles. The SMILES string of the molecule is Cc1sccc1C(O)CCC(C)C. The highest BCUT2D eigenvalue weighted by molar-refractivity contribution is 7.10. The van der Waals surface area contributed by atoms with Gasteiger partial charge in [0, 0.05) is 4.88 Å². The van der Waals surface area contributed by atoms with Gasteiger partial charge in [0.1, 0.15) is 0 Å². The smallest absolute Gasteiger partial charge is 0.0800 e. The lowest BCUT2D eigenvalue weighted by Crippen LogP contribution is -1.99. The van der Waals surface area contributed by atoms with Gasteiger partial charge in [-0.3, -0.25) is 0 Å². The van der Waals surface area contributed by atoms with Crippen LogP contribution in [0.4, 0.5) is 0 Å². The van der Waals surface area contributed by atoms with Crippen molar-refractivity contribution in [1.82, 2.24) is 0 Å². The van der Waals surface area contributed by atoms with E-state index in [1.165, 1.54) is 4.88 Å². The Balaban J connectivity index is 2.49. The van der Waals surface area contributed by atoms with Crippen molar-refractivity contribution in [2.75, 3.05) is 0 Å². The standard InChI is InChI=1S/C11H18OS/c1-8(2)4-5-11(12)10-6-7-13-9(10)3/h6-8,11-12H,4-5H2,1-3H3. The number of aryl methyl sites for hydroxylation is 1. The molecule has 0 aliphatic rings. The van der Waals surface area contributed by atoms with Crippen LogP contribution in [0, 0.1) is 12.8 Å². The van der Waals surface area contributed by atoms with Crippen LogP contribution in [-0.4, -0.2) is 5.11 Å². The van der Waals surface area contributed by atoms with Gasteiger partial charge in [-0.1, -0.05) is 13.8 Å². The van der Waals surface area contributed by atoms with Crippen LogP contribution in [0.5, 0.6) is 0 Å². The Morgan fingerprint density at radius 3 is 2.54 bits per heavy atom. The maximum Gasteiger partial charge on any atom is 0.0800 e. The highest BCUT2D eigenvalue weighted by Gasteiger charge is 2.11. The second-order valence-electron chi connectivity index (χ2n) is 3.92. The molecule has 13 heavy (non-hydrogen) atoms. The monoisotopic (exact) mass is 198 g/mol.